The van der Waals surface area contributed by atoms with Gasteiger partial charge < -0.3 is 4.90 Å². The Balaban J connectivity index is 2.18. The minimum atomic E-state index is 0.400. The zero-order valence-corrected chi connectivity index (χ0v) is 10.3. The molecule has 0 aromatic heterocycles. The van der Waals surface area contributed by atoms with E-state index in [-0.39, 0.29) is 0 Å². The number of hydrogen-bond acceptors (Lipinski definition) is 3. The van der Waals surface area contributed by atoms with Gasteiger partial charge in [0.25, 0.3) is 0 Å². The molecule has 1 atom stereocenters. The van der Waals surface area contributed by atoms with Crippen LogP contribution in [0.3, 0.4) is 0 Å². The molecule has 0 N–H and O–H groups in total. The highest BCUT2D eigenvalue weighted by Crippen LogP contribution is 2.09. The molecule has 1 saturated heterocycles. The van der Waals surface area contributed by atoms with Crippen LogP contribution < -0.4 is 0 Å². The molecule has 0 amide bonds. The van der Waals surface area contributed by atoms with Gasteiger partial charge in [-0.05, 0) is 26.9 Å². The summed E-state index contributed by atoms with van der Waals surface area (Å²) in [6.07, 6.45) is 2.48. The van der Waals surface area contributed by atoms with E-state index >= 15 is 0 Å². The Hall–Kier alpha value is -0.410. The van der Waals surface area contributed by atoms with Gasteiger partial charge in [-0.1, -0.05) is 6.92 Å². The summed E-state index contributed by atoms with van der Waals surface area (Å²) in [5.41, 5.74) is 0. The Morgan fingerprint density at radius 2 is 2.13 bits per heavy atom. The van der Waals surface area contributed by atoms with Gasteiger partial charge in [0.05, 0.1) is 0 Å². The predicted molar refractivity (Wildman–Crippen MR) is 63.1 cm³/mol. The molecule has 1 rings (SSSR count). The van der Waals surface area contributed by atoms with Gasteiger partial charge in [0, 0.05) is 38.5 Å². The van der Waals surface area contributed by atoms with Crippen molar-refractivity contribution < 1.29 is 4.79 Å². The Morgan fingerprint density at radius 3 is 2.73 bits per heavy atom. The van der Waals surface area contributed by atoms with E-state index in [9.17, 15) is 4.79 Å². The smallest absolute Gasteiger partial charge is 0.132 e. The number of piperazine rings is 1. The van der Waals surface area contributed by atoms with Crippen molar-refractivity contribution in [2.45, 2.75) is 39.2 Å². The Bertz CT molecular complexity index is 206. The van der Waals surface area contributed by atoms with Crippen molar-refractivity contribution >= 4 is 5.78 Å². The molecule has 0 aliphatic carbocycles. The van der Waals surface area contributed by atoms with E-state index in [2.05, 4.69) is 23.8 Å². The number of rotatable bonds is 5. The number of Topliss-reactive ketones (excluding diaryl/α,β-unsaturated/α-hetero) is 1. The molecule has 1 aliphatic heterocycles. The van der Waals surface area contributed by atoms with E-state index in [1.165, 1.54) is 0 Å². The van der Waals surface area contributed by atoms with Crippen LogP contribution in [0.25, 0.3) is 0 Å². The monoisotopic (exact) mass is 212 g/mol. The predicted octanol–water partition coefficient (Wildman–Crippen LogP) is 1.38. The average Bonchev–Trinajstić information content (AvgIpc) is 2.21. The van der Waals surface area contributed by atoms with Crippen LogP contribution in [-0.2, 0) is 4.79 Å². The number of carbonyl (C=O) groups excluding carboxylic acids is 1. The van der Waals surface area contributed by atoms with Crippen molar-refractivity contribution in [1.82, 2.24) is 9.80 Å². The third-order valence-corrected chi connectivity index (χ3v) is 3.26. The number of hydrogen-bond donors (Lipinski definition) is 0. The van der Waals surface area contributed by atoms with Gasteiger partial charge in [0.2, 0.25) is 0 Å². The lowest BCUT2D eigenvalue weighted by atomic mass is 10.1. The van der Waals surface area contributed by atoms with Crippen LogP contribution >= 0.6 is 0 Å². The first-order chi connectivity index (χ1) is 7.13. The molecule has 15 heavy (non-hydrogen) atoms. The lowest BCUT2D eigenvalue weighted by Gasteiger charge is -2.38. The molecule has 1 unspecified atom stereocenters. The molecule has 3 nitrogen and oxygen atoms in total. The summed E-state index contributed by atoms with van der Waals surface area (Å²) in [7, 11) is 2.18. The summed E-state index contributed by atoms with van der Waals surface area (Å²) in [6, 6.07) is 0.639. The Labute approximate surface area is 93.4 Å². The van der Waals surface area contributed by atoms with E-state index < -0.39 is 0 Å². The number of ketones is 1. The van der Waals surface area contributed by atoms with Crippen molar-refractivity contribution in [3.05, 3.63) is 0 Å². The van der Waals surface area contributed by atoms with Gasteiger partial charge in [-0.2, -0.15) is 0 Å². The fraction of sp³-hybridized carbons (Fsp3) is 0.917. The van der Waals surface area contributed by atoms with Crippen molar-refractivity contribution in [3.8, 4) is 0 Å². The molecule has 1 heterocycles. The molecular formula is C12H24N2O. The second-order valence-corrected chi connectivity index (χ2v) is 4.64. The van der Waals surface area contributed by atoms with E-state index in [0.717, 1.165) is 39.0 Å². The SMILES string of the molecule is CCC(=O)CCCN1CCN(C)CC1C. The zero-order chi connectivity index (χ0) is 11.3. The first-order valence-corrected chi connectivity index (χ1v) is 6.07. The first kappa shape index (κ1) is 12.7. The van der Waals surface area contributed by atoms with Crippen LogP contribution in [0.1, 0.15) is 33.1 Å². The van der Waals surface area contributed by atoms with Crippen LogP contribution in [-0.4, -0.2) is 54.9 Å². The van der Waals surface area contributed by atoms with Gasteiger partial charge >= 0.3 is 0 Å². The topological polar surface area (TPSA) is 23.6 Å². The van der Waals surface area contributed by atoms with Crippen LogP contribution in [0.5, 0.6) is 0 Å². The summed E-state index contributed by atoms with van der Waals surface area (Å²) in [6.45, 7) is 8.77. The van der Waals surface area contributed by atoms with Crippen molar-refractivity contribution in [2.75, 3.05) is 33.2 Å². The molecule has 0 saturated carbocycles. The number of carbonyl (C=O) groups is 1. The van der Waals surface area contributed by atoms with Crippen molar-refractivity contribution in [1.29, 1.82) is 0 Å². The second kappa shape index (κ2) is 6.23. The van der Waals surface area contributed by atoms with Crippen LogP contribution in [0.4, 0.5) is 0 Å². The molecule has 0 bridgehead atoms. The van der Waals surface area contributed by atoms with Crippen LogP contribution in [0.2, 0.25) is 0 Å². The van der Waals surface area contributed by atoms with E-state index in [1.807, 2.05) is 6.92 Å². The molecule has 0 aromatic rings. The van der Waals surface area contributed by atoms with Gasteiger partial charge in [0.15, 0.2) is 0 Å². The largest absolute Gasteiger partial charge is 0.304 e. The minimum absolute atomic E-state index is 0.400. The molecular weight excluding hydrogens is 188 g/mol. The molecule has 88 valence electrons. The minimum Gasteiger partial charge on any atom is -0.304 e. The number of likely N-dealkylation sites (N-methyl/N-ethyl adjacent to an activating group) is 1. The summed E-state index contributed by atoms with van der Waals surface area (Å²) in [4.78, 5) is 16.0. The Kier molecular flexibility index (Phi) is 5.26. The average molecular weight is 212 g/mol. The highest BCUT2D eigenvalue weighted by Gasteiger charge is 2.20. The summed E-state index contributed by atoms with van der Waals surface area (Å²) >= 11 is 0. The molecule has 0 spiro atoms. The fourth-order valence-corrected chi connectivity index (χ4v) is 2.17. The maximum absolute atomic E-state index is 11.2. The summed E-state index contributed by atoms with van der Waals surface area (Å²) < 4.78 is 0. The van der Waals surface area contributed by atoms with Gasteiger partial charge in [0.1, 0.15) is 5.78 Å². The molecule has 0 aromatic carbocycles. The highest BCUT2D eigenvalue weighted by molar-refractivity contribution is 5.77. The summed E-state index contributed by atoms with van der Waals surface area (Å²) in [5, 5.41) is 0. The van der Waals surface area contributed by atoms with Crippen molar-refractivity contribution in [2.24, 2.45) is 0 Å². The molecule has 1 aliphatic rings. The normalized spacial score (nSPS) is 24.3. The van der Waals surface area contributed by atoms with Gasteiger partial charge in [-0.25, -0.2) is 0 Å². The lowest BCUT2D eigenvalue weighted by molar-refractivity contribution is -0.118. The maximum atomic E-state index is 11.2. The molecule has 0 radical (unpaired) electrons. The summed E-state index contributed by atoms with van der Waals surface area (Å²) in [5.74, 6) is 0.400. The van der Waals surface area contributed by atoms with Crippen LogP contribution in [0, 0.1) is 0 Å². The zero-order valence-electron chi connectivity index (χ0n) is 10.3. The van der Waals surface area contributed by atoms with Gasteiger partial charge in [-0.3, -0.25) is 9.69 Å². The maximum Gasteiger partial charge on any atom is 0.132 e. The van der Waals surface area contributed by atoms with E-state index in [0.29, 0.717) is 18.2 Å². The van der Waals surface area contributed by atoms with E-state index in [4.69, 9.17) is 0 Å². The first-order valence-electron chi connectivity index (χ1n) is 6.07. The second-order valence-electron chi connectivity index (χ2n) is 4.64. The van der Waals surface area contributed by atoms with E-state index in [1.54, 1.807) is 0 Å². The fourth-order valence-electron chi connectivity index (χ4n) is 2.17. The van der Waals surface area contributed by atoms with Crippen molar-refractivity contribution in [3.63, 3.8) is 0 Å². The quantitative estimate of drug-likeness (QED) is 0.688. The molecule has 3 heteroatoms. The standard InChI is InChI=1S/C12H24N2O/c1-4-12(15)6-5-7-14-9-8-13(3)10-11(14)2/h11H,4-10H2,1-3H3. The highest BCUT2D eigenvalue weighted by atomic mass is 16.1. The lowest BCUT2D eigenvalue weighted by Crippen LogP contribution is -2.50. The van der Waals surface area contributed by atoms with Crippen LogP contribution in [0.15, 0.2) is 0 Å². The Morgan fingerprint density at radius 1 is 1.40 bits per heavy atom. The molecule has 1 fully saturated rings. The third kappa shape index (κ3) is 4.31. The van der Waals surface area contributed by atoms with Gasteiger partial charge in [-0.15, -0.1) is 0 Å². The third-order valence-electron chi connectivity index (χ3n) is 3.26. The number of nitrogens with zero attached hydrogens (tertiary/aromatic N) is 2.